The zero-order valence-corrected chi connectivity index (χ0v) is 14.2. The van der Waals surface area contributed by atoms with Gasteiger partial charge >= 0.3 is 5.97 Å². The number of H-pyrrole nitrogens is 1. The summed E-state index contributed by atoms with van der Waals surface area (Å²) in [6.45, 7) is 9.91. The SMILES string of the molecule is CC.CC.Cc1c[nH]c(C(=O)Oc2ccccc2Br)c1. The van der Waals surface area contributed by atoms with Crippen molar-refractivity contribution in [3.05, 3.63) is 52.3 Å². The Labute approximate surface area is 129 Å². The molecule has 1 heterocycles. The Balaban J connectivity index is 0.000000829. The molecule has 0 unspecified atom stereocenters. The van der Waals surface area contributed by atoms with Gasteiger partial charge in [-0.25, -0.2) is 4.79 Å². The van der Waals surface area contributed by atoms with E-state index in [1.807, 2.05) is 52.8 Å². The van der Waals surface area contributed by atoms with Crippen LogP contribution in [-0.2, 0) is 0 Å². The minimum absolute atomic E-state index is 0.389. The van der Waals surface area contributed by atoms with Crippen LogP contribution in [0.5, 0.6) is 5.75 Å². The molecule has 0 saturated heterocycles. The van der Waals surface area contributed by atoms with Crippen LogP contribution in [0, 0.1) is 6.92 Å². The van der Waals surface area contributed by atoms with E-state index in [0.29, 0.717) is 11.4 Å². The average Bonchev–Trinajstić information content (AvgIpc) is 2.92. The van der Waals surface area contributed by atoms with Gasteiger partial charge in [-0.2, -0.15) is 0 Å². The molecular formula is C16H22BrNO2. The van der Waals surface area contributed by atoms with Gasteiger partial charge in [-0.15, -0.1) is 0 Å². The van der Waals surface area contributed by atoms with Crippen molar-refractivity contribution in [3.8, 4) is 5.75 Å². The number of hydrogen-bond donors (Lipinski definition) is 1. The van der Waals surface area contributed by atoms with Gasteiger partial charge in [0.05, 0.1) is 4.47 Å². The van der Waals surface area contributed by atoms with Gasteiger partial charge in [-0.05, 0) is 46.6 Å². The fourth-order valence-corrected chi connectivity index (χ4v) is 1.67. The van der Waals surface area contributed by atoms with Gasteiger partial charge in [0.1, 0.15) is 11.4 Å². The largest absolute Gasteiger partial charge is 0.421 e. The topological polar surface area (TPSA) is 42.1 Å². The second kappa shape index (κ2) is 10.3. The van der Waals surface area contributed by atoms with Crippen LogP contribution in [0.25, 0.3) is 0 Å². The summed E-state index contributed by atoms with van der Waals surface area (Å²) in [5.41, 5.74) is 1.45. The molecule has 110 valence electrons. The predicted octanol–water partition coefficient (Wildman–Crippen LogP) is 5.36. The van der Waals surface area contributed by atoms with Crippen LogP contribution >= 0.6 is 15.9 Å². The lowest BCUT2D eigenvalue weighted by molar-refractivity contribution is 0.0728. The van der Waals surface area contributed by atoms with E-state index in [4.69, 9.17) is 4.74 Å². The highest BCUT2D eigenvalue weighted by Crippen LogP contribution is 2.24. The number of halogens is 1. The van der Waals surface area contributed by atoms with Crippen LogP contribution in [0.2, 0.25) is 0 Å². The molecule has 2 rings (SSSR count). The Morgan fingerprint density at radius 3 is 2.25 bits per heavy atom. The van der Waals surface area contributed by atoms with E-state index in [2.05, 4.69) is 20.9 Å². The third-order valence-corrected chi connectivity index (χ3v) is 2.74. The summed E-state index contributed by atoms with van der Waals surface area (Å²) in [7, 11) is 0. The Hall–Kier alpha value is -1.55. The highest BCUT2D eigenvalue weighted by atomic mass is 79.9. The molecule has 2 aromatic rings. The lowest BCUT2D eigenvalue weighted by Gasteiger charge is -2.04. The molecular weight excluding hydrogens is 318 g/mol. The average molecular weight is 340 g/mol. The van der Waals surface area contributed by atoms with E-state index < -0.39 is 0 Å². The van der Waals surface area contributed by atoms with Crippen LogP contribution in [0.15, 0.2) is 41.0 Å². The Morgan fingerprint density at radius 1 is 1.15 bits per heavy atom. The number of nitrogens with one attached hydrogen (secondary N) is 1. The first kappa shape index (κ1) is 18.4. The highest BCUT2D eigenvalue weighted by Gasteiger charge is 2.11. The summed E-state index contributed by atoms with van der Waals surface area (Å²) >= 11 is 3.32. The molecule has 0 amide bonds. The predicted molar refractivity (Wildman–Crippen MR) is 87.3 cm³/mol. The first-order chi connectivity index (χ1) is 9.66. The highest BCUT2D eigenvalue weighted by molar-refractivity contribution is 9.10. The molecule has 1 aromatic carbocycles. The summed E-state index contributed by atoms with van der Waals surface area (Å²) in [5, 5.41) is 0. The molecule has 0 fully saturated rings. The second-order valence-electron chi connectivity index (χ2n) is 3.41. The third-order valence-electron chi connectivity index (χ3n) is 2.09. The van der Waals surface area contributed by atoms with E-state index in [1.165, 1.54) is 0 Å². The lowest BCUT2D eigenvalue weighted by atomic mass is 10.3. The molecule has 0 saturated carbocycles. The van der Waals surface area contributed by atoms with E-state index >= 15 is 0 Å². The summed E-state index contributed by atoms with van der Waals surface area (Å²) < 4.78 is 5.98. The number of aromatic amines is 1. The number of carbonyl (C=O) groups is 1. The Bertz CT molecular complexity index is 521. The van der Waals surface area contributed by atoms with Crippen LogP contribution < -0.4 is 4.74 Å². The van der Waals surface area contributed by atoms with Gasteiger partial charge in [-0.1, -0.05) is 39.8 Å². The van der Waals surface area contributed by atoms with Gasteiger partial charge < -0.3 is 9.72 Å². The Kier molecular flexibility index (Phi) is 9.47. The zero-order chi connectivity index (χ0) is 15.5. The van der Waals surface area contributed by atoms with Gasteiger partial charge in [0, 0.05) is 6.20 Å². The first-order valence-corrected chi connectivity index (χ1v) is 7.58. The van der Waals surface area contributed by atoms with Crippen molar-refractivity contribution < 1.29 is 9.53 Å². The molecule has 0 aliphatic carbocycles. The van der Waals surface area contributed by atoms with Crippen molar-refractivity contribution in [1.82, 2.24) is 4.98 Å². The third kappa shape index (κ3) is 5.61. The minimum atomic E-state index is -0.389. The van der Waals surface area contributed by atoms with E-state index in [1.54, 1.807) is 18.3 Å². The number of hydrogen-bond acceptors (Lipinski definition) is 2. The molecule has 0 bridgehead atoms. The molecule has 20 heavy (non-hydrogen) atoms. The summed E-state index contributed by atoms with van der Waals surface area (Å²) in [6.07, 6.45) is 1.76. The van der Waals surface area contributed by atoms with Crippen LogP contribution in [-0.4, -0.2) is 11.0 Å². The van der Waals surface area contributed by atoms with Crippen molar-refractivity contribution >= 4 is 21.9 Å². The summed E-state index contributed by atoms with van der Waals surface area (Å²) in [4.78, 5) is 14.6. The van der Waals surface area contributed by atoms with Crippen LogP contribution in [0.4, 0.5) is 0 Å². The molecule has 0 aliphatic heterocycles. The number of para-hydroxylation sites is 1. The number of rotatable bonds is 2. The molecule has 1 N–H and O–H groups in total. The number of aromatic nitrogens is 1. The van der Waals surface area contributed by atoms with E-state index in [9.17, 15) is 4.79 Å². The fraction of sp³-hybridized carbons (Fsp3) is 0.312. The normalized spacial score (nSPS) is 8.70. The fourth-order valence-electron chi connectivity index (χ4n) is 1.30. The number of carbonyl (C=O) groups excluding carboxylic acids is 1. The first-order valence-electron chi connectivity index (χ1n) is 6.78. The van der Waals surface area contributed by atoms with Crippen molar-refractivity contribution in [2.45, 2.75) is 34.6 Å². The van der Waals surface area contributed by atoms with Crippen LogP contribution in [0.3, 0.4) is 0 Å². The summed E-state index contributed by atoms with van der Waals surface area (Å²) in [5.74, 6) is 0.125. The lowest BCUT2D eigenvalue weighted by Crippen LogP contribution is -2.08. The standard InChI is InChI=1S/C12H10BrNO2.2C2H6/c1-8-6-10(14-7-8)12(15)16-11-5-3-2-4-9(11)13;2*1-2/h2-7,14H,1H3;2*1-2H3. The molecule has 0 radical (unpaired) electrons. The zero-order valence-electron chi connectivity index (χ0n) is 12.7. The molecule has 1 aromatic heterocycles. The van der Waals surface area contributed by atoms with E-state index in [-0.39, 0.29) is 5.97 Å². The molecule has 0 spiro atoms. The molecule has 3 nitrogen and oxygen atoms in total. The van der Waals surface area contributed by atoms with E-state index in [0.717, 1.165) is 10.0 Å². The quantitative estimate of drug-likeness (QED) is 0.591. The van der Waals surface area contributed by atoms with Crippen molar-refractivity contribution in [1.29, 1.82) is 0 Å². The maximum absolute atomic E-state index is 11.7. The van der Waals surface area contributed by atoms with Gasteiger partial charge in [0.25, 0.3) is 0 Å². The number of aryl methyl sites for hydroxylation is 1. The monoisotopic (exact) mass is 339 g/mol. The maximum atomic E-state index is 11.7. The smallest absolute Gasteiger partial charge is 0.360 e. The van der Waals surface area contributed by atoms with Crippen LogP contribution in [0.1, 0.15) is 43.7 Å². The Morgan fingerprint density at radius 2 is 1.75 bits per heavy atom. The van der Waals surface area contributed by atoms with Gasteiger partial charge in [0.15, 0.2) is 0 Å². The second-order valence-corrected chi connectivity index (χ2v) is 4.26. The number of benzene rings is 1. The van der Waals surface area contributed by atoms with Crippen molar-refractivity contribution in [2.75, 3.05) is 0 Å². The molecule has 4 heteroatoms. The van der Waals surface area contributed by atoms with Crippen molar-refractivity contribution in [3.63, 3.8) is 0 Å². The minimum Gasteiger partial charge on any atom is -0.421 e. The number of esters is 1. The maximum Gasteiger partial charge on any atom is 0.360 e. The number of ether oxygens (including phenoxy) is 1. The van der Waals surface area contributed by atoms with Gasteiger partial charge in [-0.3, -0.25) is 0 Å². The van der Waals surface area contributed by atoms with Gasteiger partial charge in [0.2, 0.25) is 0 Å². The van der Waals surface area contributed by atoms with Crippen molar-refractivity contribution in [2.24, 2.45) is 0 Å². The summed E-state index contributed by atoms with van der Waals surface area (Å²) in [6, 6.07) is 8.98. The molecule has 0 atom stereocenters. The molecule has 0 aliphatic rings.